The molecule has 0 bridgehead atoms. The lowest BCUT2D eigenvalue weighted by molar-refractivity contribution is -0.0786. The van der Waals surface area contributed by atoms with Gasteiger partial charge >= 0.3 is 0 Å². The summed E-state index contributed by atoms with van der Waals surface area (Å²) >= 11 is 0. The standard InChI is InChI=1S/C17H27FN2O/c1-3-20-16(14-9-12-19-13-15(14)18)17(21-4-2)10-7-5-6-8-11-17/h9,12-13,16,20H,3-8,10-11H2,1-2H3. The van der Waals surface area contributed by atoms with Crippen LogP contribution in [-0.2, 0) is 4.74 Å². The molecule has 0 aromatic carbocycles. The van der Waals surface area contributed by atoms with E-state index in [1.165, 1.54) is 19.0 Å². The zero-order valence-electron chi connectivity index (χ0n) is 13.2. The summed E-state index contributed by atoms with van der Waals surface area (Å²) in [5, 5.41) is 3.47. The minimum Gasteiger partial charge on any atom is -0.373 e. The summed E-state index contributed by atoms with van der Waals surface area (Å²) in [6.45, 7) is 5.54. The van der Waals surface area contributed by atoms with Gasteiger partial charge in [-0.05, 0) is 32.4 Å². The number of likely N-dealkylation sites (N-methyl/N-ethyl adjacent to an activating group) is 1. The van der Waals surface area contributed by atoms with E-state index < -0.39 is 0 Å². The highest BCUT2D eigenvalue weighted by Crippen LogP contribution is 2.41. The zero-order chi connectivity index (χ0) is 15.1. The van der Waals surface area contributed by atoms with Crippen molar-refractivity contribution in [3.8, 4) is 0 Å². The molecule has 118 valence electrons. The summed E-state index contributed by atoms with van der Waals surface area (Å²) in [6.07, 6.45) is 9.72. The molecule has 2 rings (SSSR count). The van der Waals surface area contributed by atoms with Gasteiger partial charge in [0.2, 0.25) is 0 Å². The van der Waals surface area contributed by atoms with E-state index in [1.807, 2.05) is 6.92 Å². The fourth-order valence-electron chi connectivity index (χ4n) is 3.53. The van der Waals surface area contributed by atoms with Gasteiger partial charge in [0, 0.05) is 18.4 Å². The largest absolute Gasteiger partial charge is 0.373 e. The quantitative estimate of drug-likeness (QED) is 0.805. The maximum atomic E-state index is 14.3. The van der Waals surface area contributed by atoms with Gasteiger partial charge < -0.3 is 10.1 Å². The molecule has 1 N–H and O–H groups in total. The number of rotatable bonds is 6. The van der Waals surface area contributed by atoms with E-state index in [2.05, 4.69) is 17.2 Å². The molecule has 1 fully saturated rings. The van der Waals surface area contributed by atoms with Gasteiger partial charge in [-0.2, -0.15) is 0 Å². The van der Waals surface area contributed by atoms with Crippen LogP contribution in [0.3, 0.4) is 0 Å². The molecule has 1 aromatic rings. The molecule has 1 heterocycles. The monoisotopic (exact) mass is 294 g/mol. The maximum absolute atomic E-state index is 14.3. The number of ether oxygens (including phenoxy) is 1. The van der Waals surface area contributed by atoms with Crippen LogP contribution in [0.5, 0.6) is 0 Å². The summed E-state index contributed by atoms with van der Waals surface area (Å²) < 4.78 is 20.5. The van der Waals surface area contributed by atoms with Crippen LogP contribution in [0, 0.1) is 5.82 Å². The average molecular weight is 294 g/mol. The van der Waals surface area contributed by atoms with Crippen molar-refractivity contribution in [1.29, 1.82) is 0 Å². The van der Waals surface area contributed by atoms with E-state index in [-0.39, 0.29) is 17.5 Å². The average Bonchev–Trinajstić information content (AvgIpc) is 2.73. The Kier molecular flexibility index (Phi) is 6.12. The first-order valence-corrected chi connectivity index (χ1v) is 8.20. The third-order valence-corrected chi connectivity index (χ3v) is 4.43. The first-order chi connectivity index (χ1) is 10.2. The number of hydrogen-bond donors (Lipinski definition) is 1. The van der Waals surface area contributed by atoms with Crippen LogP contribution >= 0.6 is 0 Å². The second-order valence-corrected chi connectivity index (χ2v) is 5.80. The second kappa shape index (κ2) is 7.85. The summed E-state index contributed by atoms with van der Waals surface area (Å²) in [6, 6.07) is 1.68. The van der Waals surface area contributed by atoms with E-state index in [1.54, 1.807) is 12.3 Å². The van der Waals surface area contributed by atoms with E-state index in [4.69, 9.17) is 4.74 Å². The molecule has 1 aliphatic carbocycles. The molecule has 4 heteroatoms. The van der Waals surface area contributed by atoms with Crippen LogP contribution < -0.4 is 5.32 Å². The Morgan fingerprint density at radius 2 is 2.00 bits per heavy atom. The summed E-state index contributed by atoms with van der Waals surface area (Å²) in [7, 11) is 0. The number of hydrogen-bond acceptors (Lipinski definition) is 3. The normalized spacial score (nSPS) is 20.0. The van der Waals surface area contributed by atoms with Gasteiger partial charge in [-0.15, -0.1) is 0 Å². The third kappa shape index (κ3) is 3.80. The molecule has 0 saturated heterocycles. The van der Waals surface area contributed by atoms with Crippen molar-refractivity contribution in [2.45, 2.75) is 64.0 Å². The van der Waals surface area contributed by atoms with Crippen molar-refractivity contribution in [2.75, 3.05) is 13.2 Å². The van der Waals surface area contributed by atoms with E-state index in [0.29, 0.717) is 12.2 Å². The molecule has 0 radical (unpaired) electrons. The van der Waals surface area contributed by atoms with Crippen LogP contribution in [-0.4, -0.2) is 23.7 Å². The summed E-state index contributed by atoms with van der Waals surface area (Å²) in [4.78, 5) is 3.88. The molecule has 0 spiro atoms. The lowest BCUT2D eigenvalue weighted by atomic mass is 9.82. The van der Waals surface area contributed by atoms with Gasteiger partial charge in [0.05, 0.1) is 17.8 Å². The predicted octanol–water partition coefficient (Wildman–Crippen LogP) is 4.00. The molecule has 0 aliphatic heterocycles. The molecule has 1 aromatic heterocycles. The molecule has 1 saturated carbocycles. The molecule has 21 heavy (non-hydrogen) atoms. The van der Waals surface area contributed by atoms with Crippen LogP contribution in [0.25, 0.3) is 0 Å². The van der Waals surface area contributed by atoms with Crippen LogP contribution in [0.2, 0.25) is 0 Å². The molecule has 3 nitrogen and oxygen atoms in total. The molecule has 1 atom stereocenters. The maximum Gasteiger partial charge on any atom is 0.146 e. The molecular formula is C17H27FN2O. The minimum atomic E-state index is -0.302. The minimum absolute atomic E-state index is 0.108. The van der Waals surface area contributed by atoms with Gasteiger partial charge in [-0.1, -0.05) is 32.6 Å². The van der Waals surface area contributed by atoms with Crippen molar-refractivity contribution in [3.05, 3.63) is 29.8 Å². The van der Waals surface area contributed by atoms with E-state index in [9.17, 15) is 4.39 Å². The summed E-state index contributed by atoms with van der Waals surface area (Å²) in [5.41, 5.74) is 0.380. The van der Waals surface area contributed by atoms with Crippen molar-refractivity contribution in [3.63, 3.8) is 0 Å². The predicted molar refractivity (Wildman–Crippen MR) is 82.7 cm³/mol. The highest BCUT2D eigenvalue weighted by atomic mass is 19.1. The van der Waals surface area contributed by atoms with Crippen molar-refractivity contribution < 1.29 is 9.13 Å². The van der Waals surface area contributed by atoms with Gasteiger partial charge in [0.25, 0.3) is 0 Å². The smallest absolute Gasteiger partial charge is 0.146 e. The number of halogens is 1. The van der Waals surface area contributed by atoms with Gasteiger partial charge in [-0.3, -0.25) is 4.98 Å². The number of pyridine rings is 1. The molecular weight excluding hydrogens is 267 g/mol. The Bertz CT molecular complexity index is 431. The molecule has 0 amide bonds. The molecule has 1 unspecified atom stereocenters. The van der Waals surface area contributed by atoms with Gasteiger partial charge in [0.15, 0.2) is 0 Å². The Morgan fingerprint density at radius 3 is 2.57 bits per heavy atom. The van der Waals surface area contributed by atoms with Crippen molar-refractivity contribution in [2.24, 2.45) is 0 Å². The fraction of sp³-hybridized carbons (Fsp3) is 0.706. The number of aromatic nitrogens is 1. The van der Waals surface area contributed by atoms with E-state index >= 15 is 0 Å². The van der Waals surface area contributed by atoms with Crippen LogP contribution in [0.4, 0.5) is 4.39 Å². The first-order valence-electron chi connectivity index (χ1n) is 8.20. The SMILES string of the molecule is CCNC(c1ccncc1F)C1(OCC)CCCCCC1. The number of nitrogens with zero attached hydrogens (tertiary/aromatic N) is 1. The summed E-state index contributed by atoms with van der Waals surface area (Å²) in [5.74, 6) is -0.244. The van der Waals surface area contributed by atoms with E-state index in [0.717, 1.165) is 32.2 Å². The highest BCUT2D eigenvalue weighted by Gasteiger charge is 2.41. The number of nitrogens with one attached hydrogen (secondary N) is 1. The van der Waals surface area contributed by atoms with Gasteiger partial charge in [0.1, 0.15) is 5.82 Å². The lowest BCUT2D eigenvalue weighted by Gasteiger charge is -2.41. The highest BCUT2D eigenvalue weighted by molar-refractivity contribution is 5.22. The topological polar surface area (TPSA) is 34.2 Å². The second-order valence-electron chi connectivity index (χ2n) is 5.80. The Hall–Kier alpha value is -1.00. The fourth-order valence-corrected chi connectivity index (χ4v) is 3.53. The Labute approximate surface area is 127 Å². The van der Waals surface area contributed by atoms with Crippen LogP contribution in [0.15, 0.2) is 18.5 Å². The van der Waals surface area contributed by atoms with Crippen molar-refractivity contribution >= 4 is 0 Å². The third-order valence-electron chi connectivity index (χ3n) is 4.43. The Morgan fingerprint density at radius 1 is 1.29 bits per heavy atom. The lowest BCUT2D eigenvalue weighted by Crippen LogP contribution is -2.46. The first kappa shape index (κ1) is 16.4. The molecule has 1 aliphatic rings. The van der Waals surface area contributed by atoms with Crippen LogP contribution in [0.1, 0.15) is 64.0 Å². The Balaban J connectivity index is 2.38. The zero-order valence-corrected chi connectivity index (χ0v) is 13.2. The van der Waals surface area contributed by atoms with Gasteiger partial charge in [-0.25, -0.2) is 4.39 Å². The van der Waals surface area contributed by atoms with Crippen molar-refractivity contribution in [1.82, 2.24) is 10.3 Å².